The van der Waals surface area contributed by atoms with Gasteiger partial charge in [-0.3, -0.25) is 0 Å². The van der Waals surface area contributed by atoms with Crippen molar-refractivity contribution >= 4 is 23.2 Å². The lowest BCUT2D eigenvalue weighted by atomic mass is 10.0. The quantitative estimate of drug-likeness (QED) is 0.898. The standard InChI is InChI=1S/C16H25Cl2N3/c1-20(2)12-6-9-21(10-7-12)11-8-15(19)13-4-3-5-14(17)16(13)18/h3-5,12,15H,6-11,19H2,1-2H3. The lowest BCUT2D eigenvalue weighted by Crippen LogP contribution is -2.42. The highest BCUT2D eigenvalue weighted by Crippen LogP contribution is 2.30. The fraction of sp³-hybridized carbons (Fsp3) is 0.625. The van der Waals surface area contributed by atoms with Crippen LogP contribution in [-0.4, -0.2) is 49.6 Å². The zero-order chi connectivity index (χ0) is 15.4. The van der Waals surface area contributed by atoms with Gasteiger partial charge in [0.25, 0.3) is 0 Å². The van der Waals surface area contributed by atoms with Crippen LogP contribution in [0, 0.1) is 0 Å². The molecule has 0 spiro atoms. The fourth-order valence-corrected chi connectivity index (χ4v) is 3.39. The molecule has 0 aliphatic carbocycles. The summed E-state index contributed by atoms with van der Waals surface area (Å²) in [6, 6.07) is 6.34. The van der Waals surface area contributed by atoms with Gasteiger partial charge in [0, 0.05) is 12.1 Å². The summed E-state index contributed by atoms with van der Waals surface area (Å²) in [6.07, 6.45) is 3.38. The monoisotopic (exact) mass is 329 g/mol. The molecule has 118 valence electrons. The summed E-state index contributed by atoms with van der Waals surface area (Å²) in [5, 5.41) is 1.18. The summed E-state index contributed by atoms with van der Waals surface area (Å²) in [5.74, 6) is 0. The average Bonchev–Trinajstić information content (AvgIpc) is 2.48. The third-order valence-corrected chi connectivity index (χ3v) is 5.26. The Hall–Kier alpha value is -0.320. The second-order valence-electron chi connectivity index (χ2n) is 6.07. The van der Waals surface area contributed by atoms with Gasteiger partial charge in [-0.25, -0.2) is 0 Å². The van der Waals surface area contributed by atoms with Crippen LogP contribution < -0.4 is 5.73 Å². The van der Waals surface area contributed by atoms with Crippen molar-refractivity contribution in [2.24, 2.45) is 5.73 Å². The molecule has 1 heterocycles. The van der Waals surface area contributed by atoms with E-state index in [-0.39, 0.29) is 6.04 Å². The van der Waals surface area contributed by atoms with Gasteiger partial charge in [-0.1, -0.05) is 35.3 Å². The number of hydrogen-bond donors (Lipinski definition) is 1. The molecule has 1 aliphatic rings. The molecule has 5 heteroatoms. The Labute approximate surface area is 138 Å². The van der Waals surface area contributed by atoms with E-state index >= 15 is 0 Å². The summed E-state index contributed by atoms with van der Waals surface area (Å²) in [6.45, 7) is 3.32. The van der Waals surface area contributed by atoms with Crippen LogP contribution in [0.1, 0.15) is 30.9 Å². The molecule has 0 aromatic heterocycles. The van der Waals surface area contributed by atoms with Crippen LogP contribution in [0.25, 0.3) is 0 Å². The Kier molecular flexibility index (Phi) is 6.33. The summed E-state index contributed by atoms with van der Waals surface area (Å²) in [4.78, 5) is 4.83. The van der Waals surface area contributed by atoms with Gasteiger partial charge in [0.05, 0.1) is 10.0 Å². The number of nitrogens with zero attached hydrogens (tertiary/aromatic N) is 2. The van der Waals surface area contributed by atoms with Crippen LogP contribution in [0.4, 0.5) is 0 Å². The van der Waals surface area contributed by atoms with E-state index in [2.05, 4.69) is 23.9 Å². The van der Waals surface area contributed by atoms with E-state index in [9.17, 15) is 0 Å². The van der Waals surface area contributed by atoms with Crippen molar-refractivity contribution in [1.82, 2.24) is 9.80 Å². The van der Waals surface area contributed by atoms with Crippen molar-refractivity contribution in [3.05, 3.63) is 33.8 Å². The maximum atomic E-state index is 6.28. The summed E-state index contributed by atoms with van der Waals surface area (Å²) < 4.78 is 0. The highest BCUT2D eigenvalue weighted by Gasteiger charge is 2.21. The molecule has 0 saturated carbocycles. The fourth-order valence-electron chi connectivity index (χ4n) is 2.94. The number of nitrogens with two attached hydrogens (primary N) is 1. The smallest absolute Gasteiger partial charge is 0.0640 e. The molecule has 1 saturated heterocycles. The Morgan fingerprint density at radius 2 is 1.95 bits per heavy atom. The van der Waals surface area contributed by atoms with Crippen LogP contribution in [0.15, 0.2) is 18.2 Å². The third-order valence-electron chi connectivity index (χ3n) is 4.42. The topological polar surface area (TPSA) is 32.5 Å². The molecule has 1 atom stereocenters. The van der Waals surface area contributed by atoms with Crippen LogP contribution in [0.2, 0.25) is 10.0 Å². The predicted molar refractivity (Wildman–Crippen MR) is 91.2 cm³/mol. The SMILES string of the molecule is CN(C)C1CCN(CCC(N)c2cccc(Cl)c2Cl)CC1. The van der Waals surface area contributed by atoms with Crippen molar-refractivity contribution in [3.63, 3.8) is 0 Å². The van der Waals surface area contributed by atoms with E-state index in [0.29, 0.717) is 10.0 Å². The van der Waals surface area contributed by atoms with Gasteiger partial charge in [-0.15, -0.1) is 0 Å². The van der Waals surface area contributed by atoms with Crippen molar-refractivity contribution in [2.75, 3.05) is 33.7 Å². The van der Waals surface area contributed by atoms with Crippen LogP contribution in [-0.2, 0) is 0 Å². The molecule has 21 heavy (non-hydrogen) atoms. The Morgan fingerprint density at radius 3 is 2.57 bits per heavy atom. The lowest BCUT2D eigenvalue weighted by molar-refractivity contribution is 0.142. The summed E-state index contributed by atoms with van der Waals surface area (Å²) >= 11 is 12.3. The Balaban J connectivity index is 1.82. The minimum atomic E-state index is -0.0530. The normalized spacial score (nSPS) is 19.1. The first-order valence-electron chi connectivity index (χ1n) is 7.57. The van der Waals surface area contributed by atoms with E-state index in [0.717, 1.165) is 37.7 Å². The number of likely N-dealkylation sites (tertiary alicyclic amines) is 1. The molecular weight excluding hydrogens is 305 g/mol. The minimum Gasteiger partial charge on any atom is -0.324 e. The largest absolute Gasteiger partial charge is 0.324 e. The van der Waals surface area contributed by atoms with Crippen LogP contribution >= 0.6 is 23.2 Å². The van der Waals surface area contributed by atoms with Crippen molar-refractivity contribution < 1.29 is 0 Å². The van der Waals surface area contributed by atoms with Gasteiger partial charge in [0.15, 0.2) is 0 Å². The maximum Gasteiger partial charge on any atom is 0.0640 e. The molecule has 1 unspecified atom stereocenters. The van der Waals surface area contributed by atoms with Crippen molar-refractivity contribution in [3.8, 4) is 0 Å². The second-order valence-corrected chi connectivity index (χ2v) is 6.86. The molecule has 3 nitrogen and oxygen atoms in total. The summed E-state index contributed by atoms with van der Waals surface area (Å²) in [7, 11) is 4.33. The lowest BCUT2D eigenvalue weighted by Gasteiger charge is -2.35. The molecule has 1 fully saturated rings. The van der Waals surface area contributed by atoms with Crippen molar-refractivity contribution in [2.45, 2.75) is 31.3 Å². The highest BCUT2D eigenvalue weighted by atomic mass is 35.5. The first kappa shape index (κ1) is 17.0. The van der Waals surface area contributed by atoms with Gasteiger partial charge in [-0.05, 0) is 64.6 Å². The molecule has 2 rings (SSSR count). The van der Waals surface area contributed by atoms with Gasteiger partial charge in [0.2, 0.25) is 0 Å². The molecule has 1 aromatic carbocycles. The van der Waals surface area contributed by atoms with Gasteiger partial charge in [-0.2, -0.15) is 0 Å². The molecule has 0 bridgehead atoms. The maximum absolute atomic E-state index is 6.28. The van der Waals surface area contributed by atoms with E-state index in [1.807, 2.05) is 12.1 Å². The average molecular weight is 330 g/mol. The zero-order valence-corrected chi connectivity index (χ0v) is 14.4. The highest BCUT2D eigenvalue weighted by molar-refractivity contribution is 6.42. The molecule has 2 N–H and O–H groups in total. The number of halogens is 2. The first-order chi connectivity index (χ1) is 9.99. The van der Waals surface area contributed by atoms with Gasteiger partial charge >= 0.3 is 0 Å². The number of benzene rings is 1. The van der Waals surface area contributed by atoms with Gasteiger partial charge < -0.3 is 15.5 Å². The van der Waals surface area contributed by atoms with Crippen LogP contribution in [0.5, 0.6) is 0 Å². The van der Waals surface area contributed by atoms with Crippen LogP contribution in [0.3, 0.4) is 0 Å². The third kappa shape index (κ3) is 4.57. The Bertz CT molecular complexity index is 457. The molecule has 1 aliphatic heterocycles. The van der Waals surface area contributed by atoms with E-state index in [1.165, 1.54) is 12.8 Å². The Morgan fingerprint density at radius 1 is 1.29 bits per heavy atom. The summed E-state index contributed by atoms with van der Waals surface area (Å²) in [5.41, 5.74) is 7.23. The molecule has 0 amide bonds. The van der Waals surface area contributed by atoms with E-state index in [4.69, 9.17) is 28.9 Å². The molecule has 1 aromatic rings. The number of piperidine rings is 1. The molecule has 0 radical (unpaired) electrons. The zero-order valence-electron chi connectivity index (χ0n) is 12.9. The minimum absolute atomic E-state index is 0.0530. The van der Waals surface area contributed by atoms with Gasteiger partial charge in [0.1, 0.15) is 0 Å². The second kappa shape index (κ2) is 7.80. The first-order valence-corrected chi connectivity index (χ1v) is 8.33. The number of hydrogen-bond acceptors (Lipinski definition) is 3. The van der Waals surface area contributed by atoms with E-state index in [1.54, 1.807) is 6.07 Å². The number of rotatable bonds is 5. The molecular formula is C16H25Cl2N3. The predicted octanol–water partition coefficient (Wildman–Crippen LogP) is 3.41. The van der Waals surface area contributed by atoms with E-state index < -0.39 is 0 Å². The van der Waals surface area contributed by atoms with Crippen molar-refractivity contribution in [1.29, 1.82) is 0 Å².